The number of alkyl carbamates (subject to hydrolysis) is 1. The van der Waals surface area contributed by atoms with Crippen molar-refractivity contribution in [3.8, 4) is 23.8 Å². The van der Waals surface area contributed by atoms with E-state index < -0.39 is 35.6 Å². The Hall–Kier alpha value is -4.97. The lowest BCUT2D eigenvalue weighted by Crippen LogP contribution is -2.53. The Morgan fingerprint density at radius 2 is 1.65 bits per heavy atom. The van der Waals surface area contributed by atoms with Crippen molar-refractivity contribution in [1.29, 1.82) is 0 Å². The van der Waals surface area contributed by atoms with Gasteiger partial charge in [0.05, 0.1) is 7.11 Å². The minimum Gasteiger partial charge on any atom is -0.508 e. The van der Waals surface area contributed by atoms with E-state index in [4.69, 9.17) is 15.9 Å². The van der Waals surface area contributed by atoms with Gasteiger partial charge in [-0.05, 0) is 80.8 Å². The number of nitrogens with zero attached hydrogens (tertiary/aromatic N) is 1. The number of carbonyl (C=O) groups excluding carboxylic acids is 3. The molecule has 9 heteroatoms. The van der Waals surface area contributed by atoms with Crippen LogP contribution in [0.2, 0.25) is 0 Å². The predicted octanol–water partition coefficient (Wildman–Crippen LogP) is 5.44. The van der Waals surface area contributed by atoms with Gasteiger partial charge in [0.25, 0.3) is 5.91 Å². The van der Waals surface area contributed by atoms with Crippen LogP contribution in [0.4, 0.5) is 10.5 Å². The zero-order valence-electron chi connectivity index (χ0n) is 25.2. The summed E-state index contributed by atoms with van der Waals surface area (Å²) in [6, 6.07) is 17.9. The molecule has 0 aliphatic rings. The highest BCUT2D eigenvalue weighted by Crippen LogP contribution is 2.28. The highest BCUT2D eigenvalue weighted by molar-refractivity contribution is 5.99. The van der Waals surface area contributed by atoms with Crippen LogP contribution in [0.15, 0.2) is 72.8 Å². The van der Waals surface area contributed by atoms with Crippen molar-refractivity contribution in [1.82, 2.24) is 10.2 Å². The molecule has 3 rings (SSSR count). The molecule has 43 heavy (non-hydrogen) atoms. The van der Waals surface area contributed by atoms with E-state index in [9.17, 15) is 19.5 Å². The van der Waals surface area contributed by atoms with Crippen LogP contribution in [0.25, 0.3) is 0 Å². The van der Waals surface area contributed by atoms with Crippen molar-refractivity contribution in [2.45, 2.75) is 58.2 Å². The SMILES string of the molecule is C#Cc1ccccc1C(C(=O)Nc1ccc(OC)cc1)N(CCC)C(=O)C(Cc1ccc(O)cc1)NC(=O)OC(C)(C)C. The number of hydrogen-bond acceptors (Lipinski definition) is 6. The van der Waals surface area contributed by atoms with E-state index in [2.05, 4.69) is 16.6 Å². The fraction of sp³-hybridized carbons (Fsp3) is 0.324. The smallest absolute Gasteiger partial charge is 0.408 e. The number of terminal acetylenes is 1. The largest absolute Gasteiger partial charge is 0.508 e. The van der Waals surface area contributed by atoms with Gasteiger partial charge >= 0.3 is 6.09 Å². The van der Waals surface area contributed by atoms with Crippen molar-refractivity contribution in [2.24, 2.45) is 0 Å². The predicted molar refractivity (Wildman–Crippen MR) is 166 cm³/mol. The highest BCUT2D eigenvalue weighted by atomic mass is 16.6. The van der Waals surface area contributed by atoms with Crippen LogP contribution in [0, 0.1) is 12.3 Å². The first-order valence-corrected chi connectivity index (χ1v) is 14.0. The number of phenolic OH excluding ortho intramolecular Hbond substituents is 1. The van der Waals surface area contributed by atoms with Crippen LogP contribution < -0.4 is 15.4 Å². The van der Waals surface area contributed by atoms with E-state index in [1.807, 2.05) is 6.92 Å². The quantitative estimate of drug-likeness (QED) is 0.258. The number of benzene rings is 3. The summed E-state index contributed by atoms with van der Waals surface area (Å²) in [4.78, 5) is 42.8. The lowest BCUT2D eigenvalue weighted by atomic mass is 9.96. The molecule has 0 fully saturated rings. The van der Waals surface area contributed by atoms with Crippen molar-refractivity contribution in [3.63, 3.8) is 0 Å². The molecule has 0 bridgehead atoms. The second-order valence-electron chi connectivity index (χ2n) is 11.0. The van der Waals surface area contributed by atoms with Crippen LogP contribution in [0.5, 0.6) is 11.5 Å². The average molecular weight is 586 g/mol. The summed E-state index contributed by atoms with van der Waals surface area (Å²) in [6.45, 7) is 7.26. The fourth-order valence-electron chi connectivity index (χ4n) is 4.53. The summed E-state index contributed by atoms with van der Waals surface area (Å²) in [5.74, 6) is 2.35. The van der Waals surface area contributed by atoms with E-state index in [0.29, 0.717) is 34.5 Å². The zero-order chi connectivity index (χ0) is 31.6. The molecule has 0 aliphatic heterocycles. The molecule has 0 radical (unpaired) electrons. The van der Waals surface area contributed by atoms with E-state index in [0.717, 1.165) is 0 Å². The summed E-state index contributed by atoms with van der Waals surface area (Å²) in [6.07, 6.45) is 5.66. The van der Waals surface area contributed by atoms with Gasteiger partial charge < -0.3 is 30.1 Å². The third-order valence-corrected chi connectivity index (χ3v) is 6.44. The standard InChI is InChI=1S/C34H39N3O6/c1-7-21-37(32(40)29(36-33(41)43-34(3,4)5)22-23-13-17-26(38)18-14-23)30(28-12-10-9-11-24(28)8-2)31(39)35-25-15-19-27(42-6)20-16-25/h2,9-20,29-30,38H,7,21-22H2,1,3-6H3,(H,35,39)(H,36,41). The Morgan fingerprint density at radius 3 is 2.23 bits per heavy atom. The second-order valence-corrected chi connectivity index (χ2v) is 11.0. The third kappa shape index (κ3) is 9.27. The normalized spacial score (nSPS) is 12.3. The molecule has 2 atom stereocenters. The number of aromatic hydroxyl groups is 1. The molecule has 226 valence electrons. The fourth-order valence-corrected chi connectivity index (χ4v) is 4.53. The Kier molecular flexibility index (Phi) is 11.2. The number of methoxy groups -OCH3 is 1. The summed E-state index contributed by atoms with van der Waals surface area (Å²) in [5.41, 5.74) is 1.32. The molecule has 0 saturated carbocycles. The summed E-state index contributed by atoms with van der Waals surface area (Å²) >= 11 is 0. The highest BCUT2D eigenvalue weighted by Gasteiger charge is 2.37. The third-order valence-electron chi connectivity index (χ3n) is 6.44. The van der Waals surface area contributed by atoms with Gasteiger partial charge in [-0.1, -0.05) is 43.2 Å². The molecule has 0 aromatic heterocycles. The lowest BCUT2D eigenvalue weighted by Gasteiger charge is -2.35. The number of hydrogen-bond donors (Lipinski definition) is 3. The van der Waals surface area contributed by atoms with Gasteiger partial charge in [-0.2, -0.15) is 0 Å². The molecule has 0 aliphatic carbocycles. The molecule has 0 heterocycles. The Labute approximate surface area is 253 Å². The van der Waals surface area contributed by atoms with Gasteiger partial charge in [-0.25, -0.2) is 4.79 Å². The Morgan fingerprint density at radius 1 is 1.00 bits per heavy atom. The Balaban J connectivity index is 2.07. The first-order chi connectivity index (χ1) is 20.4. The van der Waals surface area contributed by atoms with Crippen molar-refractivity contribution < 1.29 is 29.0 Å². The topological polar surface area (TPSA) is 117 Å². The van der Waals surface area contributed by atoms with Crippen LogP contribution in [0.3, 0.4) is 0 Å². The van der Waals surface area contributed by atoms with E-state index in [-0.39, 0.29) is 18.7 Å². The minimum absolute atomic E-state index is 0.0699. The monoisotopic (exact) mass is 585 g/mol. The van der Waals surface area contributed by atoms with E-state index in [1.54, 1.807) is 88.5 Å². The van der Waals surface area contributed by atoms with Gasteiger partial charge in [-0.15, -0.1) is 6.42 Å². The maximum absolute atomic E-state index is 14.4. The number of carbonyl (C=O) groups is 3. The molecule has 3 aromatic rings. The van der Waals surface area contributed by atoms with Crippen molar-refractivity contribution >= 4 is 23.6 Å². The molecule has 3 amide bonds. The van der Waals surface area contributed by atoms with Gasteiger partial charge in [0.2, 0.25) is 5.91 Å². The van der Waals surface area contributed by atoms with E-state index in [1.165, 1.54) is 17.0 Å². The zero-order valence-corrected chi connectivity index (χ0v) is 25.2. The van der Waals surface area contributed by atoms with Gasteiger partial charge in [0.15, 0.2) is 0 Å². The summed E-state index contributed by atoms with van der Waals surface area (Å²) < 4.78 is 10.7. The van der Waals surface area contributed by atoms with E-state index >= 15 is 0 Å². The number of anilines is 1. The molecule has 3 aromatic carbocycles. The van der Waals surface area contributed by atoms with Gasteiger partial charge in [0, 0.05) is 24.2 Å². The molecule has 2 unspecified atom stereocenters. The van der Waals surface area contributed by atoms with Crippen LogP contribution >= 0.6 is 0 Å². The number of ether oxygens (including phenoxy) is 2. The maximum atomic E-state index is 14.4. The van der Waals surface area contributed by atoms with Crippen molar-refractivity contribution in [3.05, 3.63) is 89.5 Å². The first-order valence-electron chi connectivity index (χ1n) is 14.0. The number of rotatable bonds is 11. The summed E-state index contributed by atoms with van der Waals surface area (Å²) in [5, 5.41) is 15.4. The molecular weight excluding hydrogens is 546 g/mol. The average Bonchev–Trinajstić information content (AvgIpc) is 2.97. The maximum Gasteiger partial charge on any atom is 0.408 e. The lowest BCUT2D eigenvalue weighted by molar-refractivity contribution is -0.140. The second kappa shape index (κ2) is 14.8. The molecular formula is C34H39N3O6. The van der Waals surface area contributed by atoms with Crippen molar-refractivity contribution in [2.75, 3.05) is 19.0 Å². The van der Waals surface area contributed by atoms with Gasteiger partial charge in [-0.3, -0.25) is 9.59 Å². The first kappa shape index (κ1) is 32.5. The molecule has 0 saturated heterocycles. The van der Waals surface area contributed by atoms with Crippen LogP contribution in [-0.2, 0) is 20.7 Å². The number of nitrogens with one attached hydrogen (secondary N) is 2. The molecule has 0 spiro atoms. The Bertz CT molecular complexity index is 1440. The van der Waals surface area contributed by atoms with Crippen LogP contribution in [-0.4, -0.2) is 53.2 Å². The van der Waals surface area contributed by atoms with Crippen LogP contribution in [0.1, 0.15) is 56.8 Å². The minimum atomic E-state index is -1.12. The summed E-state index contributed by atoms with van der Waals surface area (Å²) in [7, 11) is 1.55. The molecule has 9 nitrogen and oxygen atoms in total. The number of phenols is 1. The number of amides is 3. The molecule has 3 N–H and O–H groups in total. The van der Waals surface area contributed by atoms with Gasteiger partial charge in [0.1, 0.15) is 29.2 Å².